The third-order valence-electron chi connectivity index (χ3n) is 3.04. The molecule has 1 saturated heterocycles. The highest BCUT2D eigenvalue weighted by Crippen LogP contribution is 2.19. The number of likely N-dealkylation sites (tertiary alicyclic amines) is 1. The fraction of sp³-hybridized carbons (Fsp3) is 0.583. The minimum absolute atomic E-state index is 0.528. The van der Waals surface area contributed by atoms with Crippen molar-refractivity contribution in [3.8, 4) is 0 Å². The fourth-order valence-corrected chi connectivity index (χ4v) is 2.38. The van der Waals surface area contributed by atoms with E-state index in [1.807, 2.05) is 19.1 Å². The van der Waals surface area contributed by atoms with E-state index in [2.05, 4.69) is 22.2 Å². The van der Waals surface area contributed by atoms with E-state index in [-0.39, 0.29) is 0 Å². The van der Waals surface area contributed by atoms with Gasteiger partial charge in [-0.3, -0.25) is 0 Å². The van der Waals surface area contributed by atoms with Crippen LogP contribution in [0.1, 0.15) is 18.5 Å². The molecule has 3 nitrogen and oxygen atoms in total. The first-order chi connectivity index (χ1) is 7.65. The van der Waals surface area contributed by atoms with Crippen LogP contribution in [-0.2, 0) is 0 Å². The molecular formula is C12H18ClN3. The van der Waals surface area contributed by atoms with Gasteiger partial charge >= 0.3 is 0 Å². The van der Waals surface area contributed by atoms with Crippen LogP contribution in [0.4, 0.5) is 5.69 Å². The Labute approximate surface area is 102 Å². The topological polar surface area (TPSA) is 28.2 Å². The van der Waals surface area contributed by atoms with Gasteiger partial charge in [0.25, 0.3) is 0 Å². The van der Waals surface area contributed by atoms with Crippen molar-refractivity contribution in [3.05, 3.63) is 23.0 Å². The summed E-state index contributed by atoms with van der Waals surface area (Å²) in [5.74, 6) is 0. The van der Waals surface area contributed by atoms with Crippen LogP contribution in [0, 0.1) is 6.92 Å². The van der Waals surface area contributed by atoms with Crippen molar-refractivity contribution in [1.29, 1.82) is 0 Å². The van der Waals surface area contributed by atoms with Gasteiger partial charge in [-0.25, -0.2) is 4.98 Å². The lowest BCUT2D eigenvalue weighted by Gasteiger charge is -2.31. The van der Waals surface area contributed by atoms with Gasteiger partial charge < -0.3 is 10.2 Å². The van der Waals surface area contributed by atoms with Crippen LogP contribution >= 0.6 is 11.6 Å². The average Bonchev–Trinajstić information content (AvgIpc) is 2.22. The number of rotatable bonds is 2. The minimum Gasteiger partial charge on any atom is -0.380 e. The Morgan fingerprint density at radius 1 is 1.50 bits per heavy atom. The van der Waals surface area contributed by atoms with E-state index in [0.717, 1.165) is 17.9 Å². The Kier molecular flexibility index (Phi) is 3.66. The van der Waals surface area contributed by atoms with Gasteiger partial charge in [0.1, 0.15) is 5.15 Å². The van der Waals surface area contributed by atoms with Gasteiger partial charge in [0.15, 0.2) is 0 Å². The minimum atomic E-state index is 0.528. The first-order valence-corrected chi connectivity index (χ1v) is 6.11. The number of likely N-dealkylation sites (N-methyl/N-ethyl adjacent to an activating group) is 1. The number of nitrogens with one attached hydrogen (secondary N) is 1. The van der Waals surface area contributed by atoms with Gasteiger partial charge in [-0.15, -0.1) is 0 Å². The van der Waals surface area contributed by atoms with Gasteiger partial charge in [-0.1, -0.05) is 11.6 Å². The molecule has 0 aliphatic carbocycles. The summed E-state index contributed by atoms with van der Waals surface area (Å²) < 4.78 is 0. The molecule has 0 amide bonds. The van der Waals surface area contributed by atoms with E-state index < -0.39 is 0 Å². The highest BCUT2D eigenvalue weighted by molar-refractivity contribution is 6.29. The Morgan fingerprint density at radius 3 is 3.00 bits per heavy atom. The number of piperidine rings is 1. The Bertz CT molecular complexity index is 367. The summed E-state index contributed by atoms with van der Waals surface area (Å²) >= 11 is 5.84. The summed E-state index contributed by atoms with van der Waals surface area (Å²) in [4.78, 5) is 6.61. The Hall–Kier alpha value is -0.800. The largest absolute Gasteiger partial charge is 0.380 e. The Morgan fingerprint density at radius 2 is 2.31 bits per heavy atom. The van der Waals surface area contributed by atoms with Gasteiger partial charge in [0, 0.05) is 12.6 Å². The lowest BCUT2D eigenvalue weighted by atomic mass is 10.1. The summed E-state index contributed by atoms with van der Waals surface area (Å²) in [6.07, 6.45) is 2.49. The van der Waals surface area contributed by atoms with Gasteiger partial charge in [0.05, 0.1) is 11.4 Å². The molecule has 1 atom stereocenters. The summed E-state index contributed by atoms with van der Waals surface area (Å²) in [5.41, 5.74) is 2.07. The molecule has 0 saturated carbocycles. The van der Waals surface area contributed by atoms with Crippen LogP contribution < -0.4 is 5.32 Å². The van der Waals surface area contributed by atoms with E-state index in [0.29, 0.717) is 11.2 Å². The van der Waals surface area contributed by atoms with Crippen molar-refractivity contribution in [3.63, 3.8) is 0 Å². The zero-order chi connectivity index (χ0) is 11.5. The molecule has 1 aliphatic rings. The number of hydrogen-bond acceptors (Lipinski definition) is 3. The van der Waals surface area contributed by atoms with Crippen LogP contribution in [-0.4, -0.2) is 36.1 Å². The first kappa shape index (κ1) is 11.7. The van der Waals surface area contributed by atoms with Crippen molar-refractivity contribution in [2.75, 3.05) is 25.5 Å². The smallest absolute Gasteiger partial charge is 0.129 e. The standard InChI is InChI=1S/C12H18ClN3/c1-9-11(5-6-12(13)14-9)15-10-4-3-7-16(2)8-10/h5-6,10,15H,3-4,7-8H2,1-2H3. The molecule has 1 fully saturated rings. The zero-order valence-electron chi connectivity index (χ0n) is 9.83. The number of anilines is 1. The van der Waals surface area contributed by atoms with Crippen molar-refractivity contribution in [1.82, 2.24) is 9.88 Å². The molecule has 2 heterocycles. The summed E-state index contributed by atoms with van der Waals surface area (Å²) in [6, 6.07) is 4.38. The predicted molar refractivity (Wildman–Crippen MR) is 68.1 cm³/mol. The van der Waals surface area contributed by atoms with E-state index in [1.54, 1.807) is 0 Å². The van der Waals surface area contributed by atoms with Gasteiger partial charge in [-0.05, 0) is 45.5 Å². The first-order valence-electron chi connectivity index (χ1n) is 5.73. The predicted octanol–water partition coefficient (Wildman–Crippen LogP) is 2.55. The zero-order valence-corrected chi connectivity index (χ0v) is 10.6. The van der Waals surface area contributed by atoms with Gasteiger partial charge in [0.2, 0.25) is 0 Å². The number of pyridine rings is 1. The van der Waals surface area contributed by atoms with E-state index >= 15 is 0 Å². The van der Waals surface area contributed by atoms with Crippen LogP contribution in [0.3, 0.4) is 0 Å². The molecule has 1 unspecified atom stereocenters. The van der Waals surface area contributed by atoms with E-state index in [1.165, 1.54) is 19.4 Å². The maximum atomic E-state index is 5.84. The van der Waals surface area contributed by atoms with Crippen LogP contribution in [0.5, 0.6) is 0 Å². The lowest BCUT2D eigenvalue weighted by molar-refractivity contribution is 0.261. The van der Waals surface area contributed by atoms with Crippen molar-refractivity contribution in [2.45, 2.75) is 25.8 Å². The molecular weight excluding hydrogens is 222 g/mol. The molecule has 1 aromatic heterocycles. The SMILES string of the molecule is Cc1nc(Cl)ccc1NC1CCCN(C)C1. The molecule has 4 heteroatoms. The lowest BCUT2D eigenvalue weighted by Crippen LogP contribution is -2.39. The second-order valence-electron chi connectivity index (χ2n) is 4.51. The number of nitrogens with zero attached hydrogens (tertiary/aromatic N) is 2. The van der Waals surface area contributed by atoms with Crippen molar-refractivity contribution < 1.29 is 0 Å². The van der Waals surface area contributed by atoms with Crippen LogP contribution in [0.2, 0.25) is 5.15 Å². The molecule has 16 heavy (non-hydrogen) atoms. The number of halogens is 1. The number of aromatic nitrogens is 1. The summed E-state index contributed by atoms with van der Waals surface area (Å²) in [5, 5.41) is 4.10. The molecule has 0 radical (unpaired) electrons. The maximum absolute atomic E-state index is 5.84. The number of hydrogen-bond donors (Lipinski definition) is 1. The van der Waals surface area contributed by atoms with Crippen LogP contribution in [0.25, 0.3) is 0 Å². The highest BCUT2D eigenvalue weighted by Gasteiger charge is 2.17. The highest BCUT2D eigenvalue weighted by atomic mass is 35.5. The summed E-state index contributed by atoms with van der Waals surface area (Å²) in [7, 11) is 2.17. The third kappa shape index (κ3) is 2.86. The molecule has 88 valence electrons. The van der Waals surface area contributed by atoms with Gasteiger partial charge in [-0.2, -0.15) is 0 Å². The van der Waals surface area contributed by atoms with Crippen molar-refractivity contribution in [2.24, 2.45) is 0 Å². The molecule has 1 aromatic rings. The van der Waals surface area contributed by atoms with E-state index in [4.69, 9.17) is 11.6 Å². The Balaban J connectivity index is 2.02. The second-order valence-corrected chi connectivity index (χ2v) is 4.90. The normalized spacial score (nSPS) is 22.1. The molecule has 0 spiro atoms. The molecule has 0 aromatic carbocycles. The van der Waals surface area contributed by atoms with E-state index in [9.17, 15) is 0 Å². The maximum Gasteiger partial charge on any atom is 0.129 e. The summed E-state index contributed by atoms with van der Waals surface area (Å²) in [6.45, 7) is 4.29. The molecule has 2 rings (SSSR count). The average molecular weight is 240 g/mol. The fourth-order valence-electron chi connectivity index (χ4n) is 2.19. The molecule has 1 N–H and O–H groups in total. The molecule has 0 bridgehead atoms. The second kappa shape index (κ2) is 5.02. The third-order valence-corrected chi connectivity index (χ3v) is 3.25. The van der Waals surface area contributed by atoms with Crippen LogP contribution in [0.15, 0.2) is 12.1 Å². The quantitative estimate of drug-likeness (QED) is 0.804. The molecule has 1 aliphatic heterocycles. The monoisotopic (exact) mass is 239 g/mol. The number of aryl methyl sites for hydroxylation is 1. The van der Waals surface area contributed by atoms with Crippen molar-refractivity contribution >= 4 is 17.3 Å².